The molecule has 0 aliphatic heterocycles. The van der Waals surface area contributed by atoms with Crippen molar-refractivity contribution in [2.24, 2.45) is 0 Å². The van der Waals surface area contributed by atoms with Gasteiger partial charge in [-0.2, -0.15) is 5.10 Å². The summed E-state index contributed by atoms with van der Waals surface area (Å²) in [4.78, 5) is 16.3. The zero-order valence-corrected chi connectivity index (χ0v) is 11.3. The molecule has 0 bridgehead atoms. The molecule has 1 amide bonds. The second-order valence-electron chi connectivity index (χ2n) is 4.31. The Balaban J connectivity index is 2.33. The summed E-state index contributed by atoms with van der Waals surface area (Å²) < 4.78 is 1.60. The molecule has 2 aromatic rings. The molecule has 3 N–H and O–H groups in total. The van der Waals surface area contributed by atoms with E-state index in [1.54, 1.807) is 24.0 Å². The first kappa shape index (κ1) is 13.1. The number of pyridine rings is 1. The number of nitrogens with zero attached hydrogens (tertiary/aromatic N) is 3. The van der Waals surface area contributed by atoms with Gasteiger partial charge < -0.3 is 11.1 Å². The molecular weight excluding hydrogens is 242 g/mol. The van der Waals surface area contributed by atoms with E-state index in [0.717, 1.165) is 5.56 Å². The minimum Gasteiger partial charge on any atom is -0.395 e. The normalized spacial score (nSPS) is 10.5. The number of amides is 1. The molecule has 6 nitrogen and oxygen atoms in total. The van der Waals surface area contributed by atoms with Crippen molar-refractivity contribution in [3.8, 4) is 0 Å². The van der Waals surface area contributed by atoms with Gasteiger partial charge in [0.25, 0.3) is 5.91 Å². The van der Waals surface area contributed by atoms with Crippen LogP contribution in [0.2, 0.25) is 0 Å². The van der Waals surface area contributed by atoms with Crippen LogP contribution in [0, 0.1) is 13.8 Å². The molecule has 0 aromatic carbocycles. The van der Waals surface area contributed by atoms with Gasteiger partial charge in [0, 0.05) is 12.7 Å². The molecule has 0 aliphatic carbocycles. The Morgan fingerprint density at radius 2 is 2.21 bits per heavy atom. The number of carbonyl (C=O) groups excluding carboxylic acids is 1. The Bertz CT molecular complexity index is 617. The summed E-state index contributed by atoms with van der Waals surface area (Å²) in [5, 5.41) is 7.04. The SMILES string of the molecule is CCn1nc(C)c(N)c1C(=O)Nc1cnccc1C. The lowest BCUT2D eigenvalue weighted by Crippen LogP contribution is -2.19. The molecule has 2 rings (SSSR count). The molecule has 19 heavy (non-hydrogen) atoms. The van der Waals surface area contributed by atoms with Gasteiger partial charge in [0.15, 0.2) is 0 Å². The van der Waals surface area contributed by atoms with E-state index in [1.807, 2.05) is 19.9 Å². The Hall–Kier alpha value is -2.37. The zero-order valence-electron chi connectivity index (χ0n) is 11.3. The van der Waals surface area contributed by atoms with Gasteiger partial charge >= 0.3 is 0 Å². The van der Waals surface area contributed by atoms with E-state index >= 15 is 0 Å². The quantitative estimate of drug-likeness (QED) is 0.879. The van der Waals surface area contributed by atoms with Crippen LogP contribution in [-0.2, 0) is 6.54 Å². The number of anilines is 2. The summed E-state index contributed by atoms with van der Waals surface area (Å²) >= 11 is 0. The Kier molecular flexibility index (Phi) is 3.50. The number of hydrogen-bond donors (Lipinski definition) is 2. The highest BCUT2D eigenvalue weighted by atomic mass is 16.2. The maximum absolute atomic E-state index is 12.3. The largest absolute Gasteiger partial charge is 0.395 e. The molecule has 2 heterocycles. The van der Waals surface area contributed by atoms with Gasteiger partial charge in [-0.25, -0.2) is 0 Å². The zero-order chi connectivity index (χ0) is 14.0. The molecule has 0 atom stereocenters. The van der Waals surface area contributed by atoms with Crippen molar-refractivity contribution in [2.75, 3.05) is 11.1 Å². The van der Waals surface area contributed by atoms with Crippen molar-refractivity contribution < 1.29 is 4.79 Å². The van der Waals surface area contributed by atoms with Crippen molar-refractivity contribution in [3.63, 3.8) is 0 Å². The van der Waals surface area contributed by atoms with E-state index in [-0.39, 0.29) is 5.91 Å². The third kappa shape index (κ3) is 2.42. The smallest absolute Gasteiger partial charge is 0.276 e. The lowest BCUT2D eigenvalue weighted by Gasteiger charge is -2.09. The Labute approximate surface area is 111 Å². The molecule has 6 heteroatoms. The highest BCUT2D eigenvalue weighted by Crippen LogP contribution is 2.19. The van der Waals surface area contributed by atoms with E-state index in [2.05, 4.69) is 15.4 Å². The topological polar surface area (TPSA) is 85.8 Å². The van der Waals surface area contributed by atoms with E-state index in [1.165, 1.54) is 0 Å². The maximum Gasteiger partial charge on any atom is 0.276 e. The number of hydrogen-bond acceptors (Lipinski definition) is 4. The van der Waals surface area contributed by atoms with Crippen molar-refractivity contribution >= 4 is 17.3 Å². The number of aromatic nitrogens is 3. The Morgan fingerprint density at radius 3 is 2.84 bits per heavy atom. The van der Waals surface area contributed by atoms with Crippen molar-refractivity contribution in [3.05, 3.63) is 35.4 Å². The van der Waals surface area contributed by atoms with Gasteiger partial charge in [-0.15, -0.1) is 0 Å². The lowest BCUT2D eigenvalue weighted by molar-refractivity contribution is 0.101. The highest BCUT2D eigenvalue weighted by molar-refractivity contribution is 6.07. The molecule has 0 saturated carbocycles. The number of carbonyl (C=O) groups is 1. The number of nitrogen functional groups attached to an aromatic ring is 1. The number of aryl methyl sites for hydroxylation is 3. The van der Waals surface area contributed by atoms with Crippen LogP contribution in [0.4, 0.5) is 11.4 Å². The molecule has 0 unspecified atom stereocenters. The molecule has 0 radical (unpaired) electrons. The second-order valence-corrected chi connectivity index (χ2v) is 4.31. The van der Waals surface area contributed by atoms with Gasteiger partial charge in [0.2, 0.25) is 0 Å². The Morgan fingerprint density at radius 1 is 1.47 bits per heavy atom. The third-order valence-corrected chi connectivity index (χ3v) is 2.98. The van der Waals surface area contributed by atoms with Gasteiger partial charge in [-0.05, 0) is 32.4 Å². The first-order chi connectivity index (χ1) is 9.04. The predicted octanol–water partition coefficient (Wildman–Crippen LogP) is 1.75. The van der Waals surface area contributed by atoms with Crippen LogP contribution in [0.5, 0.6) is 0 Å². The van der Waals surface area contributed by atoms with Crippen molar-refractivity contribution in [1.29, 1.82) is 0 Å². The second kappa shape index (κ2) is 5.09. The fourth-order valence-corrected chi connectivity index (χ4v) is 1.84. The van der Waals surface area contributed by atoms with E-state index in [4.69, 9.17) is 5.73 Å². The van der Waals surface area contributed by atoms with Crippen LogP contribution in [0.1, 0.15) is 28.7 Å². The predicted molar refractivity (Wildman–Crippen MR) is 74.0 cm³/mol. The number of rotatable bonds is 3. The maximum atomic E-state index is 12.3. The van der Waals surface area contributed by atoms with Crippen LogP contribution >= 0.6 is 0 Å². The minimum absolute atomic E-state index is 0.268. The van der Waals surface area contributed by atoms with Crippen LogP contribution in [0.3, 0.4) is 0 Å². The third-order valence-electron chi connectivity index (χ3n) is 2.98. The standard InChI is InChI=1S/C13H17N5O/c1-4-18-12(11(14)9(3)17-18)13(19)16-10-7-15-6-5-8(10)2/h5-7H,4,14H2,1-3H3,(H,16,19). The van der Waals surface area contributed by atoms with Crippen LogP contribution < -0.4 is 11.1 Å². The van der Waals surface area contributed by atoms with Crippen LogP contribution in [-0.4, -0.2) is 20.7 Å². The van der Waals surface area contributed by atoms with Gasteiger partial charge in [-0.1, -0.05) is 0 Å². The van der Waals surface area contributed by atoms with Gasteiger partial charge in [0.05, 0.1) is 23.3 Å². The average Bonchev–Trinajstić information content (AvgIpc) is 2.68. The van der Waals surface area contributed by atoms with E-state index in [9.17, 15) is 4.79 Å². The first-order valence-electron chi connectivity index (χ1n) is 6.09. The minimum atomic E-state index is -0.268. The molecule has 0 fully saturated rings. The van der Waals surface area contributed by atoms with Crippen molar-refractivity contribution in [1.82, 2.24) is 14.8 Å². The van der Waals surface area contributed by atoms with Crippen LogP contribution in [0.25, 0.3) is 0 Å². The molecule has 2 aromatic heterocycles. The lowest BCUT2D eigenvalue weighted by atomic mass is 10.2. The monoisotopic (exact) mass is 259 g/mol. The fraction of sp³-hybridized carbons (Fsp3) is 0.308. The highest BCUT2D eigenvalue weighted by Gasteiger charge is 2.19. The molecular formula is C13H17N5O. The summed E-state index contributed by atoms with van der Waals surface area (Å²) in [5.74, 6) is -0.268. The van der Waals surface area contributed by atoms with Crippen molar-refractivity contribution in [2.45, 2.75) is 27.3 Å². The molecule has 0 saturated heterocycles. The first-order valence-corrected chi connectivity index (χ1v) is 6.09. The summed E-state index contributed by atoms with van der Waals surface area (Å²) in [6.45, 7) is 6.20. The summed E-state index contributed by atoms with van der Waals surface area (Å²) in [6.07, 6.45) is 3.29. The summed E-state index contributed by atoms with van der Waals surface area (Å²) in [6, 6.07) is 1.83. The number of nitrogens with one attached hydrogen (secondary N) is 1. The molecule has 0 spiro atoms. The van der Waals surface area contributed by atoms with E-state index < -0.39 is 0 Å². The average molecular weight is 259 g/mol. The van der Waals surface area contributed by atoms with Crippen LogP contribution in [0.15, 0.2) is 18.5 Å². The van der Waals surface area contributed by atoms with E-state index in [0.29, 0.717) is 29.3 Å². The fourth-order valence-electron chi connectivity index (χ4n) is 1.84. The summed E-state index contributed by atoms with van der Waals surface area (Å²) in [5.41, 5.74) is 9.00. The van der Waals surface area contributed by atoms with Gasteiger partial charge in [-0.3, -0.25) is 14.5 Å². The van der Waals surface area contributed by atoms with Gasteiger partial charge in [0.1, 0.15) is 5.69 Å². The number of nitrogens with two attached hydrogens (primary N) is 1. The molecule has 100 valence electrons. The molecule has 0 aliphatic rings. The summed E-state index contributed by atoms with van der Waals surface area (Å²) in [7, 11) is 0.